The third-order valence-corrected chi connectivity index (χ3v) is 5.73. The summed E-state index contributed by atoms with van der Waals surface area (Å²) in [4.78, 5) is 31.0. The van der Waals surface area contributed by atoms with Gasteiger partial charge in [0.05, 0.1) is 28.6 Å². The molecule has 0 unspecified atom stereocenters. The summed E-state index contributed by atoms with van der Waals surface area (Å²) in [5, 5.41) is 28.0. The second kappa shape index (κ2) is 11.4. The van der Waals surface area contributed by atoms with Crippen molar-refractivity contribution < 1.29 is 35.9 Å². The number of amides is 2. The van der Waals surface area contributed by atoms with Crippen molar-refractivity contribution in [2.24, 2.45) is 0 Å². The fourth-order valence-corrected chi connectivity index (χ4v) is 3.97. The Morgan fingerprint density at radius 2 is 1.70 bits per heavy atom. The van der Waals surface area contributed by atoms with Crippen molar-refractivity contribution in [3.63, 3.8) is 0 Å². The molecule has 3 heterocycles. The molecule has 0 fully saturated rings. The molecule has 4 rings (SSSR count). The first-order valence-corrected chi connectivity index (χ1v) is 12.5. The number of rotatable bonds is 6. The van der Waals surface area contributed by atoms with Crippen LogP contribution in [-0.4, -0.2) is 52.3 Å². The fraction of sp³-hybridized carbons (Fsp3) is 0.308. The number of aromatic nitrogens is 7. The van der Waals surface area contributed by atoms with E-state index >= 15 is 0 Å². The smallest absolute Gasteiger partial charge is 0.347 e. The van der Waals surface area contributed by atoms with Crippen LogP contribution in [0.4, 0.5) is 32.0 Å². The lowest BCUT2D eigenvalue weighted by Crippen LogP contribution is -2.41. The molecule has 0 saturated carbocycles. The molecule has 18 heteroatoms. The van der Waals surface area contributed by atoms with E-state index in [1.165, 1.54) is 19.1 Å². The minimum Gasteiger partial charge on any atom is -0.347 e. The maximum Gasteiger partial charge on any atom is 0.455 e. The van der Waals surface area contributed by atoms with E-state index in [4.69, 9.17) is 0 Å². The highest BCUT2D eigenvalue weighted by Gasteiger charge is 2.38. The standard InChI is InChI=1S/C26H22F6N10O2/c1-13-8-14(11-33)9-16(21(43)36-24(2,3)4)19(13)35-22(44)18-10-15(12-41-39-23(37-40-41)26(30,31)32)38-42(18)20-17(25(27,28)29)6-5-7-34-20/h5-10H,12H2,1-4H3,(H,35,44)(H,36,43). The fourth-order valence-electron chi connectivity index (χ4n) is 3.97. The van der Waals surface area contributed by atoms with Gasteiger partial charge in [0.2, 0.25) is 0 Å². The number of pyridine rings is 1. The number of tetrazole rings is 1. The number of nitriles is 1. The van der Waals surface area contributed by atoms with E-state index in [0.29, 0.717) is 15.5 Å². The molecule has 4 aromatic rings. The van der Waals surface area contributed by atoms with Crippen LogP contribution < -0.4 is 10.6 Å². The summed E-state index contributed by atoms with van der Waals surface area (Å²) in [6.07, 6.45) is -8.81. The zero-order chi connectivity index (χ0) is 32.6. The number of alkyl halides is 6. The zero-order valence-electron chi connectivity index (χ0n) is 23.3. The zero-order valence-corrected chi connectivity index (χ0v) is 23.3. The summed E-state index contributed by atoms with van der Waals surface area (Å²) in [7, 11) is 0. The SMILES string of the molecule is Cc1cc(C#N)cc(C(=O)NC(C)(C)C)c1NC(=O)c1cc(Cn2nnc(C(F)(F)F)n2)nn1-c1ncccc1C(F)(F)F. The Morgan fingerprint density at radius 1 is 1.00 bits per heavy atom. The van der Waals surface area contributed by atoms with Gasteiger partial charge in [-0.3, -0.25) is 9.59 Å². The number of hydrogen-bond acceptors (Lipinski definition) is 8. The first-order chi connectivity index (χ1) is 20.4. The van der Waals surface area contributed by atoms with Gasteiger partial charge in [0.15, 0.2) is 5.82 Å². The number of aryl methyl sites for hydroxylation is 1. The van der Waals surface area contributed by atoms with Crippen molar-refractivity contribution in [2.45, 2.75) is 52.1 Å². The molecule has 230 valence electrons. The molecule has 3 aromatic heterocycles. The van der Waals surface area contributed by atoms with Crippen molar-refractivity contribution in [3.8, 4) is 11.9 Å². The van der Waals surface area contributed by atoms with Crippen LogP contribution in [0.2, 0.25) is 0 Å². The number of carbonyl (C=O) groups is 2. The summed E-state index contributed by atoms with van der Waals surface area (Å²) >= 11 is 0. The average Bonchev–Trinajstić information content (AvgIpc) is 3.56. The van der Waals surface area contributed by atoms with Crippen molar-refractivity contribution in [1.29, 1.82) is 5.26 Å². The molecular weight excluding hydrogens is 598 g/mol. The Morgan fingerprint density at radius 3 is 2.30 bits per heavy atom. The second-order valence-corrected chi connectivity index (χ2v) is 10.4. The van der Waals surface area contributed by atoms with Crippen LogP contribution in [0, 0.1) is 18.3 Å². The topological polar surface area (TPSA) is 156 Å². The molecule has 0 aliphatic heterocycles. The first kappa shape index (κ1) is 31.6. The summed E-state index contributed by atoms with van der Waals surface area (Å²) in [6.45, 7) is 6.01. The van der Waals surface area contributed by atoms with E-state index in [9.17, 15) is 41.2 Å². The number of benzene rings is 1. The van der Waals surface area contributed by atoms with Crippen molar-refractivity contribution in [2.75, 3.05) is 5.32 Å². The molecular formula is C26H22F6N10O2. The predicted molar refractivity (Wildman–Crippen MR) is 139 cm³/mol. The molecule has 0 saturated heterocycles. The van der Waals surface area contributed by atoms with Crippen LogP contribution in [0.3, 0.4) is 0 Å². The predicted octanol–water partition coefficient (Wildman–Crippen LogP) is 4.30. The monoisotopic (exact) mass is 620 g/mol. The molecule has 0 aliphatic carbocycles. The van der Waals surface area contributed by atoms with E-state index in [2.05, 4.69) is 36.1 Å². The molecule has 2 N–H and O–H groups in total. The summed E-state index contributed by atoms with van der Waals surface area (Å²) in [6, 6.07) is 7.28. The maximum absolute atomic E-state index is 13.9. The minimum absolute atomic E-state index is 0.0464. The largest absolute Gasteiger partial charge is 0.455 e. The quantitative estimate of drug-likeness (QED) is 0.302. The molecule has 1 aromatic carbocycles. The van der Waals surface area contributed by atoms with E-state index in [1.807, 2.05) is 6.07 Å². The van der Waals surface area contributed by atoms with E-state index < -0.39 is 59.2 Å². The summed E-state index contributed by atoms with van der Waals surface area (Å²) in [5.74, 6) is -4.07. The molecule has 0 bridgehead atoms. The maximum atomic E-state index is 13.9. The lowest BCUT2D eigenvalue weighted by molar-refractivity contribution is -0.145. The van der Waals surface area contributed by atoms with Crippen molar-refractivity contribution in [1.82, 2.24) is 40.3 Å². The first-order valence-electron chi connectivity index (χ1n) is 12.5. The van der Waals surface area contributed by atoms with E-state index in [-0.39, 0.29) is 28.1 Å². The Hall–Kier alpha value is -5.34. The van der Waals surface area contributed by atoms with Crippen LogP contribution in [-0.2, 0) is 18.9 Å². The lowest BCUT2D eigenvalue weighted by Gasteiger charge is -2.22. The van der Waals surface area contributed by atoms with Gasteiger partial charge in [0, 0.05) is 11.7 Å². The average molecular weight is 621 g/mol. The van der Waals surface area contributed by atoms with Crippen molar-refractivity contribution in [3.05, 3.63) is 76.0 Å². The van der Waals surface area contributed by atoms with Crippen molar-refractivity contribution >= 4 is 17.5 Å². The van der Waals surface area contributed by atoms with Gasteiger partial charge in [-0.25, -0.2) is 9.67 Å². The number of anilines is 1. The Labute approximate surface area is 244 Å². The number of nitrogens with one attached hydrogen (secondary N) is 2. The second-order valence-electron chi connectivity index (χ2n) is 10.4. The van der Waals surface area contributed by atoms with Gasteiger partial charge >= 0.3 is 12.4 Å². The van der Waals surface area contributed by atoms with Crippen LogP contribution in [0.5, 0.6) is 0 Å². The molecule has 44 heavy (non-hydrogen) atoms. The van der Waals surface area contributed by atoms with E-state index in [1.54, 1.807) is 20.8 Å². The van der Waals surface area contributed by atoms with E-state index in [0.717, 1.165) is 18.3 Å². The molecule has 0 spiro atoms. The third kappa shape index (κ3) is 6.99. The Balaban J connectivity index is 1.82. The van der Waals surface area contributed by atoms with Gasteiger partial charge < -0.3 is 10.6 Å². The minimum atomic E-state index is -4.93. The highest BCUT2D eigenvalue weighted by Crippen LogP contribution is 2.33. The third-order valence-electron chi connectivity index (χ3n) is 5.73. The highest BCUT2D eigenvalue weighted by molar-refractivity contribution is 6.09. The molecule has 0 atom stereocenters. The Kier molecular flexibility index (Phi) is 8.18. The van der Waals surface area contributed by atoms with Crippen LogP contribution in [0.25, 0.3) is 5.82 Å². The summed E-state index contributed by atoms with van der Waals surface area (Å²) in [5.41, 5.74) is -2.48. The highest BCUT2D eigenvalue weighted by atomic mass is 19.4. The van der Waals surface area contributed by atoms with Gasteiger partial charge in [-0.2, -0.15) is 41.5 Å². The van der Waals surface area contributed by atoms with Gasteiger partial charge in [0.25, 0.3) is 17.6 Å². The summed E-state index contributed by atoms with van der Waals surface area (Å²) < 4.78 is 81.1. The van der Waals surface area contributed by atoms with Gasteiger partial charge in [0.1, 0.15) is 17.8 Å². The van der Waals surface area contributed by atoms with Crippen LogP contribution in [0.1, 0.15) is 69.8 Å². The van der Waals surface area contributed by atoms with Crippen LogP contribution >= 0.6 is 0 Å². The van der Waals surface area contributed by atoms with Gasteiger partial charge in [-0.05, 0) is 68.8 Å². The molecule has 0 aliphatic rings. The molecule has 12 nitrogen and oxygen atoms in total. The number of halogens is 6. The van der Waals surface area contributed by atoms with Gasteiger partial charge in [-0.15, -0.1) is 10.2 Å². The number of hydrogen-bond donors (Lipinski definition) is 2. The Bertz CT molecular complexity index is 1780. The molecule has 2 amide bonds. The normalized spacial score (nSPS) is 12.1. The van der Waals surface area contributed by atoms with Gasteiger partial charge in [-0.1, -0.05) is 0 Å². The molecule has 0 radical (unpaired) electrons. The number of carbonyl (C=O) groups excluding carboxylic acids is 2. The van der Waals surface area contributed by atoms with Crippen LogP contribution in [0.15, 0.2) is 36.5 Å². The lowest BCUT2D eigenvalue weighted by atomic mass is 10.0. The number of nitrogens with zero attached hydrogens (tertiary/aromatic N) is 8.